The fourth-order valence-electron chi connectivity index (χ4n) is 4.84. The van der Waals surface area contributed by atoms with E-state index in [0.717, 1.165) is 0 Å². The van der Waals surface area contributed by atoms with Gasteiger partial charge in [0.05, 0.1) is 95.3 Å². The van der Waals surface area contributed by atoms with E-state index in [-0.39, 0.29) is 100 Å². The minimum atomic E-state index is -1.13. The third kappa shape index (κ3) is 17.7. The highest BCUT2D eigenvalue weighted by atomic mass is 127. The van der Waals surface area contributed by atoms with E-state index >= 15 is 0 Å². The van der Waals surface area contributed by atoms with Crippen LogP contribution in [0.4, 0.5) is 11.4 Å². The SMILES string of the molecule is CCCC(=O)NCc1c(I)c(NC(=O)CCOCCOCCOCCOCCC(=O)Nc2c(I)c(CNC(=O)CCC)c(I)c(C(=O)O)c2I)c(I)c(C(=O)O)c1I. The Bertz CT molecular complexity index is 1670. The van der Waals surface area contributed by atoms with Crippen molar-refractivity contribution >= 4 is 182 Å². The maximum atomic E-state index is 12.8. The molecule has 0 spiro atoms. The number of nitrogens with one attached hydrogen (secondary N) is 4. The summed E-state index contributed by atoms with van der Waals surface area (Å²) in [6.45, 7) is 5.96. The van der Waals surface area contributed by atoms with Gasteiger partial charge < -0.3 is 50.4 Å². The first-order valence-electron chi connectivity index (χ1n) is 17.9. The summed E-state index contributed by atoms with van der Waals surface area (Å²) < 4.78 is 25.1. The second-order valence-corrected chi connectivity index (χ2v) is 18.5. The Morgan fingerprint density at radius 1 is 0.448 bits per heavy atom. The van der Waals surface area contributed by atoms with Gasteiger partial charge in [-0.25, -0.2) is 9.59 Å². The number of carbonyl (C=O) groups is 6. The van der Waals surface area contributed by atoms with Gasteiger partial charge in [0.1, 0.15) is 0 Å². The molecule has 0 unspecified atom stereocenters. The van der Waals surface area contributed by atoms with Crippen LogP contribution >= 0.6 is 136 Å². The van der Waals surface area contributed by atoms with Crippen LogP contribution in [0.15, 0.2) is 0 Å². The Morgan fingerprint density at radius 2 is 0.759 bits per heavy atom. The molecule has 0 saturated heterocycles. The Morgan fingerprint density at radius 3 is 1.05 bits per heavy atom. The van der Waals surface area contributed by atoms with Crippen molar-refractivity contribution in [1.82, 2.24) is 10.6 Å². The highest BCUT2D eigenvalue weighted by Gasteiger charge is 2.27. The second kappa shape index (κ2) is 29.0. The van der Waals surface area contributed by atoms with Crippen LogP contribution in [0, 0.1) is 21.4 Å². The molecule has 0 aliphatic carbocycles. The van der Waals surface area contributed by atoms with Crippen LogP contribution in [-0.2, 0) is 51.2 Å². The van der Waals surface area contributed by atoms with E-state index in [1.54, 1.807) is 0 Å². The number of benzene rings is 2. The number of rotatable bonds is 27. The molecule has 16 nitrogen and oxygen atoms in total. The van der Waals surface area contributed by atoms with Gasteiger partial charge in [0.2, 0.25) is 23.6 Å². The van der Waals surface area contributed by atoms with Crippen molar-refractivity contribution in [3.05, 3.63) is 43.7 Å². The predicted octanol–water partition coefficient (Wildman–Crippen LogP) is 6.97. The van der Waals surface area contributed by atoms with Gasteiger partial charge >= 0.3 is 11.9 Å². The topological polar surface area (TPSA) is 228 Å². The maximum absolute atomic E-state index is 12.8. The number of hydrogen-bond acceptors (Lipinski definition) is 10. The van der Waals surface area contributed by atoms with Crippen molar-refractivity contribution in [3.8, 4) is 0 Å². The fraction of sp³-hybridized carbons (Fsp3) is 0.500. The summed E-state index contributed by atoms with van der Waals surface area (Å²) in [7, 11) is 0. The van der Waals surface area contributed by atoms with E-state index in [2.05, 4.69) is 66.4 Å². The lowest BCUT2D eigenvalue weighted by Crippen LogP contribution is -2.25. The summed E-state index contributed by atoms with van der Waals surface area (Å²) in [5.74, 6) is -3.24. The Labute approximate surface area is 418 Å². The molecule has 0 aliphatic heterocycles. The first kappa shape index (κ1) is 53.6. The lowest BCUT2D eigenvalue weighted by Gasteiger charge is -2.19. The smallest absolute Gasteiger partial charge is 0.337 e. The summed E-state index contributed by atoms with van der Waals surface area (Å²) in [4.78, 5) is 73.8. The average molecular weight is 1490 g/mol. The van der Waals surface area contributed by atoms with E-state index in [9.17, 15) is 39.0 Å². The molecular formula is C36H44I6N4O12. The van der Waals surface area contributed by atoms with Gasteiger partial charge in [-0.2, -0.15) is 0 Å². The van der Waals surface area contributed by atoms with Gasteiger partial charge in [-0.05, 0) is 148 Å². The van der Waals surface area contributed by atoms with Gasteiger partial charge in [-0.3, -0.25) is 19.2 Å². The molecule has 2 aromatic carbocycles. The molecule has 2 rings (SSSR count). The van der Waals surface area contributed by atoms with Gasteiger partial charge in [0.15, 0.2) is 0 Å². The number of hydrogen-bond donors (Lipinski definition) is 6. The first-order chi connectivity index (χ1) is 27.6. The Hall–Kier alpha value is -0.520. The molecule has 0 bridgehead atoms. The molecular weight excluding hydrogens is 1440 g/mol. The molecule has 0 atom stereocenters. The zero-order chi connectivity index (χ0) is 43.4. The van der Waals surface area contributed by atoms with Crippen LogP contribution in [-0.4, -0.2) is 98.6 Å². The summed E-state index contributed by atoms with van der Waals surface area (Å²) in [6.07, 6.45) is 2.15. The third-order valence-corrected chi connectivity index (χ3v) is 14.6. The van der Waals surface area contributed by atoms with Crippen molar-refractivity contribution in [2.75, 3.05) is 63.5 Å². The zero-order valence-corrected chi connectivity index (χ0v) is 44.5. The molecule has 0 saturated carbocycles. The quantitative estimate of drug-likeness (QED) is 0.0394. The largest absolute Gasteiger partial charge is 0.478 e. The van der Waals surface area contributed by atoms with Crippen molar-refractivity contribution in [2.24, 2.45) is 0 Å². The van der Waals surface area contributed by atoms with Crippen LogP contribution in [0.3, 0.4) is 0 Å². The average Bonchev–Trinajstić information content (AvgIpc) is 3.15. The molecule has 6 N–H and O–H groups in total. The Kier molecular flexibility index (Phi) is 26.8. The number of carboxylic acids is 2. The number of carboxylic acid groups (broad SMARTS) is 2. The van der Waals surface area contributed by atoms with Crippen LogP contribution in [0.25, 0.3) is 0 Å². The lowest BCUT2D eigenvalue weighted by atomic mass is 10.1. The highest BCUT2D eigenvalue weighted by molar-refractivity contribution is 14.1. The van der Waals surface area contributed by atoms with Crippen LogP contribution in [0.2, 0.25) is 0 Å². The second-order valence-electron chi connectivity index (χ2n) is 12.1. The summed E-state index contributed by atoms with van der Waals surface area (Å²) >= 11 is 11.9. The van der Waals surface area contributed by atoms with Crippen LogP contribution in [0.5, 0.6) is 0 Å². The predicted molar refractivity (Wildman–Crippen MR) is 266 cm³/mol. The minimum Gasteiger partial charge on any atom is -0.478 e. The molecule has 2 aromatic rings. The van der Waals surface area contributed by atoms with Gasteiger partial charge in [0, 0.05) is 51.3 Å². The van der Waals surface area contributed by atoms with Crippen molar-refractivity contribution in [2.45, 2.75) is 65.5 Å². The zero-order valence-electron chi connectivity index (χ0n) is 31.6. The van der Waals surface area contributed by atoms with Crippen LogP contribution < -0.4 is 21.3 Å². The summed E-state index contributed by atoms with van der Waals surface area (Å²) in [5.41, 5.74) is 2.12. The number of halogens is 6. The number of aromatic carboxylic acids is 2. The van der Waals surface area contributed by atoms with E-state index < -0.39 is 11.9 Å². The number of amides is 4. The number of ether oxygens (including phenoxy) is 4. The summed E-state index contributed by atoms with van der Waals surface area (Å²) in [6, 6.07) is 0. The molecule has 22 heteroatoms. The lowest BCUT2D eigenvalue weighted by molar-refractivity contribution is -0.122. The van der Waals surface area contributed by atoms with E-state index in [1.165, 1.54) is 0 Å². The molecule has 58 heavy (non-hydrogen) atoms. The molecule has 0 radical (unpaired) electrons. The monoisotopic (exact) mass is 1490 g/mol. The number of anilines is 2. The normalized spacial score (nSPS) is 11.0. The minimum absolute atomic E-state index is 0.0326. The summed E-state index contributed by atoms with van der Waals surface area (Å²) in [5, 5.41) is 31.0. The molecule has 0 aromatic heterocycles. The molecule has 0 heterocycles. The van der Waals surface area contributed by atoms with E-state index in [4.69, 9.17) is 18.9 Å². The third-order valence-electron chi connectivity index (χ3n) is 7.71. The van der Waals surface area contributed by atoms with Gasteiger partial charge in [-0.15, -0.1) is 0 Å². The van der Waals surface area contributed by atoms with Crippen molar-refractivity contribution in [3.63, 3.8) is 0 Å². The van der Waals surface area contributed by atoms with E-state index in [0.29, 0.717) is 82.8 Å². The maximum Gasteiger partial charge on any atom is 0.337 e. The molecule has 4 amide bonds. The molecule has 0 aliphatic rings. The van der Waals surface area contributed by atoms with Gasteiger partial charge in [0.25, 0.3) is 0 Å². The number of carbonyl (C=O) groups excluding carboxylic acids is 4. The molecule has 322 valence electrons. The highest BCUT2D eigenvalue weighted by Crippen LogP contribution is 2.37. The fourth-order valence-corrected chi connectivity index (χ4v) is 13.4. The standard InChI is InChI=1S/C36H44I6N4O12/c1-3-5-21(47)43-17-19-27(37)25(35(51)52)31(41)33(29(19)39)45-23(49)7-9-55-11-13-57-15-16-58-14-12-56-10-8-24(50)46-34-30(40)20(18-44-22(48)6-4-2)28(38)26(32(34)42)36(53)54/h3-18H2,1-2H3,(H,43,47)(H,44,48)(H,45,49)(H,46,50)(H,51,52)(H,53,54). The van der Waals surface area contributed by atoms with Gasteiger partial charge in [-0.1, -0.05) is 13.8 Å². The molecule has 0 fully saturated rings. The Balaban J connectivity index is 1.67. The van der Waals surface area contributed by atoms with Crippen LogP contribution in [0.1, 0.15) is 84.2 Å². The van der Waals surface area contributed by atoms with Crippen molar-refractivity contribution < 1.29 is 57.9 Å². The van der Waals surface area contributed by atoms with E-state index in [1.807, 2.05) is 104 Å². The first-order valence-corrected chi connectivity index (χ1v) is 24.3. The van der Waals surface area contributed by atoms with Crippen molar-refractivity contribution in [1.29, 1.82) is 0 Å².